The van der Waals surface area contributed by atoms with E-state index >= 15 is 0 Å². The number of para-hydroxylation sites is 1. The molecule has 0 bridgehead atoms. The van der Waals surface area contributed by atoms with Gasteiger partial charge in [0, 0.05) is 0 Å². The molecule has 20 heavy (non-hydrogen) atoms. The van der Waals surface area contributed by atoms with E-state index in [0.29, 0.717) is 18.1 Å². The molecule has 0 saturated carbocycles. The van der Waals surface area contributed by atoms with Crippen LogP contribution in [0.4, 0.5) is 4.79 Å². The van der Waals surface area contributed by atoms with Gasteiger partial charge in [0.2, 0.25) is 0 Å². The first-order valence-corrected chi connectivity index (χ1v) is 6.45. The maximum absolute atomic E-state index is 11.6. The van der Waals surface area contributed by atoms with Crippen molar-refractivity contribution >= 4 is 6.16 Å². The Labute approximate surface area is 117 Å². The number of rotatable bonds is 5. The van der Waals surface area contributed by atoms with E-state index in [9.17, 15) is 4.79 Å². The molecular weight excluding hydrogens is 256 g/mol. The molecule has 4 nitrogen and oxygen atoms in total. The van der Waals surface area contributed by atoms with E-state index in [0.717, 1.165) is 12.2 Å². The van der Waals surface area contributed by atoms with Gasteiger partial charge in [-0.25, -0.2) is 4.79 Å². The molecule has 0 atom stereocenters. The molecule has 0 aliphatic heterocycles. The molecule has 0 N–H and O–H groups in total. The highest BCUT2D eigenvalue weighted by atomic mass is 16.7. The zero-order valence-electron chi connectivity index (χ0n) is 11.2. The second-order valence-corrected chi connectivity index (χ2v) is 4.09. The Morgan fingerprint density at radius 2 is 1.40 bits per heavy atom. The van der Waals surface area contributed by atoms with E-state index in [1.807, 2.05) is 13.0 Å². The summed E-state index contributed by atoms with van der Waals surface area (Å²) in [7, 11) is 0. The summed E-state index contributed by atoms with van der Waals surface area (Å²) in [6, 6.07) is 15.6. The summed E-state index contributed by atoms with van der Waals surface area (Å²) in [6.45, 7) is 2.70. The molecule has 2 aromatic carbocycles. The summed E-state index contributed by atoms with van der Waals surface area (Å²) in [4.78, 5) is 11.6. The molecule has 0 amide bonds. The van der Waals surface area contributed by atoms with Crippen molar-refractivity contribution in [3.8, 4) is 17.2 Å². The summed E-state index contributed by atoms with van der Waals surface area (Å²) in [5.41, 5.74) is 0. The van der Waals surface area contributed by atoms with Crippen LogP contribution in [-0.4, -0.2) is 12.8 Å². The molecule has 0 saturated heterocycles. The number of hydrogen-bond donors (Lipinski definition) is 0. The highest BCUT2D eigenvalue weighted by Gasteiger charge is 2.07. The normalized spacial score (nSPS) is 9.85. The molecule has 2 aromatic rings. The van der Waals surface area contributed by atoms with Crippen molar-refractivity contribution in [2.24, 2.45) is 0 Å². The van der Waals surface area contributed by atoms with Crippen LogP contribution in [0, 0.1) is 0 Å². The molecule has 0 unspecified atom stereocenters. The fourth-order valence-corrected chi connectivity index (χ4v) is 1.53. The van der Waals surface area contributed by atoms with Gasteiger partial charge in [0.25, 0.3) is 0 Å². The first-order valence-electron chi connectivity index (χ1n) is 6.45. The standard InChI is InChI=1S/C16H16O4/c1-2-12-18-13-8-10-15(11-9-13)20-16(17)19-14-6-4-3-5-7-14/h3-11H,2,12H2,1H3. The topological polar surface area (TPSA) is 44.8 Å². The van der Waals surface area contributed by atoms with Crippen LogP contribution in [0.5, 0.6) is 17.2 Å². The Morgan fingerprint density at radius 3 is 2.00 bits per heavy atom. The van der Waals surface area contributed by atoms with Gasteiger partial charge in [-0.15, -0.1) is 0 Å². The predicted molar refractivity (Wildman–Crippen MR) is 75.3 cm³/mol. The molecule has 0 aromatic heterocycles. The summed E-state index contributed by atoms with van der Waals surface area (Å²) >= 11 is 0. The predicted octanol–water partition coefficient (Wildman–Crippen LogP) is 4.05. The van der Waals surface area contributed by atoms with Crippen LogP contribution in [0.1, 0.15) is 13.3 Å². The fraction of sp³-hybridized carbons (Fsp3) is 0.188. The molecule has 104 valence electrons. The average molecular weight is 272 g/mol. The lowest BCUT2D eigenvalue weighted by Crippen LogP contribution is -2.13. The van der Waals surface area contributed by atoms with E-state index in [2.05, 4.69) is 0 Å². The zero-order chi connectivity index (χ0) is 14.2. The third-order valence-electron chi connectivity index (χ3n) is 2.44. The van der Waals surface area contributed by atoms with Crippen LogP contribution in [0.15, 0.2) is 54.6 Å². The van der Waals surface area contributed by atoms with Gasteiger partial charge in [0.1, 0.15) is 17.2 Å². The molecule has 2 rings (SSSR count). The van der Waals surface area contributed by atoms with Gasteiger partial charge in [0.05, 0.1) is 6.61 Å². The second kappa shape index (κ2) is 7.19. The maximum atomic E-state index is 11.6. The minimum atomic E-state index is -0.765. The van der Waals surface area contributed by atoms with Crippen molar-refractivity contribution in [3.63, 3.8) is 0 Å². The smallest absolute Gasteiger partial charge is 0.494 e. The second-order valence-electron chi connectivity index (χ2n) is 4.09. The molecule has 0 radical (unpaired) electrons. The Kier molecular flexibility index (Phi) is 5.00. The molecule has 0 aliphatic carbocycles. The van der Waals surface area contributed by atoms with Gasteiger partial charge in [-0.3, -0.25) is 0 Å². The third-order valence-corrected chi connectivity index (χ3v) is 2.44. The Hall–Kier alpha value is -2.49. The minimum Gasteiger partial charge on any atom is -0.494 e. The minimum absolute atomic E-state index is 0.412. The molecule has 0 heterocycles. The van der Waals surface area contributed by atoms with Crippen molar-refractivity contribution in [2.45, 2.75) is 13.3 Å². The van der Waals surface area contributed by atoms with Gasteiger partial charge in [-0.1, -0.05) is 25.1 Å². The average Bonchev–Trinajstić information content (AvgIpc) is 2.47. The van der Waals surface area contributed by atoms with Crippen molar-refractivity contribution in [1.82, 2.24) is 0 Å². The van der Waals surface area contributed by atoms with Crippen LogP contribution in [0.25, 0.3) is 0 Å². The number of carbonyl (C=O) groups excluding carboxylic acids is 1. The number of hydrogen-bond acceptors (Lipinski definition) is 4. The van der Waals surface area contributed by atoms with Crippen LogP contribution in [-0.2, 0) is 0 Å². The summed E-state index contributed by atoms with van der Waals surface area (Å²) in [6.07, 6.45) is 0.181. The van der Waals surface area contributed by atoms with E-state index in [-0.39, 0.29) is 0 Å². The maximum Gasteiger partial charge on any atom is 0.519 e. The van der Waals surface area contributed by atoms with E-state index in [1.165, 1.54) is 0 Å². The first kappa shape index (κ1) is 13.9. The van der Waals surface area contributed by atoms with Gasteiger partial charge < -0.3 is 14.2 Å². The zero-order valence-corrected chi connectivity index (χ0v) is 11.2. The lowest BCUT2D eigenvalue weighted by atomic mass is 10.3. The Morgan fingerprint density at radius 1 is 0.850 bits per heavy atom. The van der Waals surface area contributed by atoms with Crippen molar-refractivity contribution in [3.05, 3.63) is 54.6 Å². The van der Waals surface area contributed by atoms with Crippen LogP contribution in [0.2, 0.25) is 0 Å². The van der Waals surface area contributed by atoms with E-state index < -0.39 is 6.16 Å². The van der Waals surface area contributed by atoms with Gasteiger partial charge in [-0.05, 0) is 42.8 Å². The summed E-state index contributed by atoms with van der Waals surface area (Å²) in [5, 5.41) is 0. The molecular formula is C16H16O4. The van der Waals surface area contributed by atoms with Crippen molar-refractivity contribution in [2.75, 3.05) is 6.61 Å². The molecule has 0 spiro atoms. The SMILES string of the molecule is CCCOc1ccc(OC(=O)Oc2ccccc2)cc1. The summed E-state index contributed by atoms with van der Waals surface area (Å²) in [5.74, 6) is 1.60. The first-order chi connectivity index (χ1) is 9.78. The lowest BCUT2D eigenvalue weighted by molar-refractivity contribution is 0.152. The van der Waals surface area contributed by atoms with E-state index in [4.69, 9.17) is 14.2 Å². The van der Waals surface area contributed by atoms with E-state index in [1.54, 1.807) is 48.5 Å². The molecule has 0 aliphatic rings. The third kappa shape index (κ3) is 4.31. The number of ether oxygens (including phenoxy) is 3. The Bertz CT molecular complexity index is 534. The van der Waals surface area contributed by atoms with Gasteiger partial charge in [0.15, 0.2) is 0 Å². The van der Waals surface area contributed by atoms with Gasteiger partial charge >= 0.3 is 6.16 Å². The van der Waals surface area contributed by atoms with Crippen LogP contribution >= 0.6 is 0 Å². The lowest BCUT2D eigenvalue weighted by Gasteiger charge is -2.07. The monoisotopic (exact) mass is 272 g/mol. The number of carbonyl (C=O) groups is 1. The van der Waals surface area contributed by atoms with Crippen LogP contribution < -0.4 is 14.2 Å². The van der Waals surface area contributed by atoms with Crippen molar-refractivity contribution in [1.29, 1.82) is 0 Å². The fourth-order valence-electron chi connectivity index (χ4n) is 1.53. The number of benzene rings is 2. The van der Waals surface area contributed by atoms with Gasteiger partial charge in [-0.2, -0.15) is 0 Å². The highest BCUT2D eigenvalue weighted by Crippen LogP contribution is 2.18. The highest BCUT2D eigenvalue weighted by molar-refractivity contribution is 5.67. The van der Waals surface area contributed by atoms with Crippen LogP contribution in [0.3, 0.4) is 0 Å². The quantitative estimate of drug-likeness (QED) is 0.608. The summed E-state index contributed by atoms with van der Waals surface area (Å²) < 4.78 is 15.5. The van der Waals surface area contributed by atoms with Crippen molar-refractivity contribution < 1.29 is 19.0 Å². The molecule has 0 fully saturated rings. The Balaban J connectivity index is 1.88. The largest absolute Gasteiger partial charge is 0.519 e. The molecule has 4 heteroatoms.